The van der Waals surface area contributed by atoms with Crippen molar-refractivity contribution >= 4 is 5.82 Å². The van der Waals surface area contributed by atoms with E-state index in [9.17, 15) is 0 Å². The quantitative estimate of drug-likeness (QED) is 0.832. The molecule has 0 unspecified atom stereocenters. The molecule has 2 heterocycles. The standard InChI is InChI=1S/C12H14N4/c1-8(2)10-6-15-11(7-14-10)9-4-3-5-12(13)16-9/h3-8H,1-2H3,(H2,13,16). The molecule has 0 aliphatic carbocycles. The van der Waals surface area contributed by atoms with Crippen molar-refractivity contribution in [3.63, 3.8) is 0 Å². The highest BCUT2D eigenvalue weighted by atomic mass is 14.9. The van der Waals surface area contributed by atoms with Gasteiger partial charge in [-0.2, -0.15) is 0 Å². The van der Waals surface area contributed by atoms with Gasteiger partial charge in [-0.3, -0.25) is 9.97 Å². The number of hydrogen-bond donors (Lipinski definition) is 1. The lowest BCUT2D eigenvalue weighted by atomic mass is 10.1. The SMILES string of the molecule is CC(C)c1cnc(-c2cccc(N)n2)cn1. The summed E-state index contributed by atoms with van der Waals surface area (Å²) in [4.78, 5) is 12.9. The smallest absolute Gasteiger partial charge is 0.124 e. The van der Waals surface area contributed by atoms with E-state index in [1.807, 2.05) is 12.1 Å². The van der Waals surface area contributed by atoms with E-state index in [-0.39, 0.29) is 0 Å². The van der Waals surface area contributed by atoms with Crippen LogP contribution in [0.25, 0.3) is 11.4 Å². The van der Waals surface area contributed by atoms with Crippen LogP contribution in [0, 0.1) is 0 Å². The van der Waals surface area contributed by atoms with Crippen molar-refractivity contribution in [2.75, 3.05) is 5.73 Å². The van der Waals surface area contributed by atoms with E-state index in [1.165, 1.54) is 0 Å². The van der Waals surface area contributed by atoms with Gasteiger partial charge in [-0.1, -0.05) is 19.9 Å². The summed E-state index contributed by atoms with van der Waals surface area (Å²) in [6.45, 7) is 4.17. The van der Waals surface area contributed by atoms with Gasteiger partial charge in [-0.15, -0.1) is 0 Å². The molecule has 2 aromatic rings. The minimum atomic E-state index is 0.385. The molecule has 4 nitrogen and oxygen atoms in total. The maximum absolute atomic E-state index is 5.61. The Bertz CT molecular complexity index is 477. The fraction of sp³-hybridized carbons (Fsp3) is 0.250. The molecule has 0 aromatic carbocycles. The third-order valence-corrected chi connectivity index (χ3v) is 2.30. The molecular formula is C12H14N4. The molecule has 2 aromatic heterocycles. The Labute approximate surface area is 94.6 Å². The van der Waals surface area contributed by atoms with Crippen LogP contribution in [0.4, 0.5) is 5.82 Å². The van der Waals surface area contributed by atoms with Gasteiger partial charge in [0.2, 0.25) is 0 Å². The highest BCUT2D eigenvalue weighted by Crippen LogP contribution is 2.16. The van der Waals surface area contributed by atoms with Gasteiger partial charge in [0.25, 0.3) is 0 Å². The van der Waals surface area contributed by atoms with E-state index in [0.29, 0.717) is 11.7 Å². The van der Waals surface area contributed by atoms with Crippen LogP contribution in [0.5, 0.6) is 0 Å². The van der Waals surface area contributed by atoms with Crippen LogP contribution >= 0.6 is 0 Å². The Morgan fingerprint density at radius 1 is 1.06 bits per heavy atom. The Morgan fingerprint density at radius 3 is 2.44 bits per heavy atom. The zero-order chi connectivity index (χ0) is 11.5. The first kappa shape index (κ1) is 10.5. The first-order valence-electron chi connectivity index (χ1n) is 5.21. The zero-order valence-corrected chi connectivity index (χ0v) is 9.38. The van der Waals surface area contributed by atoms with Gasteiger partial charge in [0, 0.05) is 6.20 Å². The van der Waals surface area contributed by atoms with E-state index >= 15 is 0 Å². The number of rotatable bonds is 2. The normalized spacial score (nSPS) is 10.7. The Hall–Kier alpha value is -1.97. The van der Waals surface area contributed by atoms with Crippen molar-refractivity contribution in [1.29, 1.82) is 0 Å². The molecule has 0 amide bonds. The second-order valence-corrected chi connectivity index (χ2v) is 3.93. The van der Waals surface area contributed by atoms with E-state index in [0.717, 1.165) is 17.1 Å². The van der Waals surface area contributed by atoms with Crippen LogP contribution in [0.1, 0.15) is 25.5 Å². The molecule has 0 radical (unpaired) electrons. The lowest BCUT2D eigenvalue weighted by Gasteiger charge is -2.04. The molecule has 16 heavy (non-hydrogen) atoms. The van der Waals surface area contributed by atoms with Gasteiger partial charge in [-0.05, 0) is 18.1 Å². The highest BCUT2D eigenvalue weighted by molar-refractivity contribution is 5.55. The summed E-state index contributed by atoms with van der Waals surface area (Å²) in [6, 6.07) is 5.48. The molecule has 0 atom stereocenters. The third-order valence-electron chi connectivity index (χ3n) is 2.30. The Balaban J connectivity index is 2.35. The minimum Gasteiger partial charge on any atom is -0.384 e. The maximum Gasteiger partial charge on any atom is 0.124 e. The van der Waals surface area contributed by atoms with E-state index in [2.05, 4.69) is 28.8 Å². The zero-order valence-electron chi connectivity index (χ0n) is 9.38. The van der Waals surface area contributed by atoms with E-state index < -0.39 is 0 Å². The van der Waals surface area contributed by atoms with Crippen LogP contribution in [0.2, 0.25) is 0 Å². The second kappa shape index (κ2) is 4.26. The summed E-state index contributed by atoms with van der Waals surface area (Å²) >= 11 is 0. The lowest BCUT2D eigenvalue weighted by Crippen LogP contribution is -1.97. The molecule has 0 saturated heterocycles. The molecule has 0 aliphatic heterocycles. The summed E-state index contributed by atoms with van der Waals surface area (Å²) in [5.41, 5.74) is 8.09. The van der Waals surface area contributed by atoms with Crippen LogP contribution in [-0.4, -0.2) is 15.0 Å². The molecule has 82 valence electrons. The predicted molar refractivity (Wildman–Crippen MR) is 63.8 cm³/mol. The second-order valence-electron chi connectivity index (χ2n) is 3.93. The van der Waals surface area contributed by atoms with Gasteiger partial charge in [0.15, 0.2) is 0 Å². The average molecular weight is 214 g/mol. The van der Waals surface area contributed by atoms with Crippen molar-refractivity contribution in [3.05, 3.63) is 36.3 Å². The monoisotopic (exact) mass is 214 g/mol. The van der Waals surface area contributed by atoms with Crippen LogP contribution < -0.4 is 5.73 Å². The maximum atomic E-state index is 5.61. The fourth-order valence-electron chi connectivity index (χ4n) is 1.36. The van der Waals surface area contributed by atoms with Gasteiger partial charge in [0.05, 0.1) is 17.6 Å². The first-order valence-corrected chi connectivity index (χ1v) is 5.21. The van der Waals surface area contributed by atoms with Crippen LogP contribution in [0.3, 0.4) is 0 Å². The average Bonchev–Trinajstić information content (AvgIpc) is 2.29. The predicted octanol–water partition coefficient (Wildman–Crippen LogP) is 2.24. The first-order chi connectivity index (χ1) is 7.66. The van der Waals surface area contributed by atoms with Crippen molar-refractivity contribution in [3.8, 4) is 11.4 Å². The van der Waals surface area contributed by atoms with Gasteiger partial charge in [0.1, 0.15) is 11.5 Å². The van der Waals surface area contributed by atoms with Crippen molar-refractivity contribution in [1.82, 2.24) is 15.0 Å². The van der Waals surface area contributed by atoms with Crippen molar-refractivity contribution < 1.29 is 0 Å². The molecule has 0 fully saturated rings. The number of nitrogens with two attached hydrogens (primary N) is 1. The Kier molecular flexibility index (Phi) is 2.81. The molecule has 2 rings (SSSR count). The summed E-state index contributed by atoms with van der Waals surface area (Å²) in [6.07, 6.45) is 3.52. The highest BCUT2D eigenvalue weighted by Gasteiger charge is 2.04. The summed E-state index contributed by atoms with van der Waals surface area (Å²) in [5.74, 6) is 0.877. The van der Waals surface area contributed by atoms with Crippen molar-refractivity contribution in [2.45, 2.75) is 19.8 Å². The molecular weight excluding hydrogens is 200 g/mol. The van der Waals surface area contributed by atoms with Crippen LogP contribution in [-0.2, 0) is 0 Å². The van der Waals surface area contributed by atoms with Gasteiger partial charge >= 0.3 is 0 Å². The number of aromatic nitrogens is 3. The largest absolute Gasteiger partial charge is 0.384 e. The lowest BCUT2D eigenvalue weighted by molar-refractivity contribution is 0.812. The molecule has 2 N–H and O–H groups in total. The van der Waals surface area contributed by atoms with E-state index in [1.54, 1.807) is 18.5 Å². The molecule has 0 saturated carbocycles. The topological polar surface area (TPSA) is 64.7 Å². The number of nitrogens with zero attached hydrogens (tertiary/aromatic N) is 3. The molecule has 0 aliphatic rings. The number of nitrogen functional groups attached to an aromatic ring is 1. The summed E-state index contributed by atoms with van der Waals surface area (Å²) < 4.78 is 0. The molecule has 0 spiro atoms. The van der Waals surface area contributed by atoms with E-state index in [4.69, 9.17) is 5.73 Å². The number of anilines is 1. The Morgan fingerprint density at radius 2 is 1.88 bits per heavy atom. The minimum absolute atomic E-state index is 0.385. The fourth-order valence-corrected chi connectivity index (χ4v) is 1.36. The number of hydrogen-bond acceptors (Lipinski definition) is 4. The number of pyridine rings is 1. The molecule has 0 bridgehead atoms. The summed E-state index contributed by atoms with van der Waals surface area (Å²) in [7, 11) is 0. The third kappa shape index (κ3) is 2.16. The van der Waals surface area contributed by atoms with Gasteiger partial charge in [-0.25, -0.2) is 4.98 Å². The molecule has 4 heteroatoms. The van der Waals surface area contributed by atoms with Gasteiger partial charge < -0.3 is 5.73 Å². The van der Waals surface area contributed by atoms with Crippen molar-refractivity contribution in [2.24, 2.45) is 0 Å². The van der Waals surface area contributed by atoms with Crippen LogP contribution in [0.15, 0.2) is 30.6 Å². The summed E-state index contributed by atoms with van der Waals surface area (Å²) in [5, 5.41) is 0.